The van der Waals surface area contributed by atoms with Crippen molar-refractivity contribution in [3.63, 3.8) is 0 Å². The molecule has 1 fully saturated rings. The first-order valence-corrected chi connectivity index (χ1v) is 11.1. The lowest BCUT2D eigenvalue weighted by Gasteiger charge is -2.21. The molecular weight excluding hydrogens is 408 g/mol. The molecule has 0 saturated carbocycles. The van der Waals surface area contributed by atoms with E-state index < -0.39 is 0 Å². The molecule has 5 heteroatoms. The van der Waals surface area contributed by atoms with Gasteiger partial charge in [-0.05, 0) is 32.1 Å². The summed E-state index contributed by atoms with van der Waals surface area (Å²) in [6, 6.07) is 0. The molecule has 0 bridgehead atoms. The predicted octanol–water partition coefficient (Wildman–Crippen LogP) is 4.86. The molecule has 0 aliphatic carbocycles. The highest BCUT2D eigenvalue weighted by molar-refractivity contribution is 9.09. The van der Waals surface area contributed by atoms with Crippen LogP contribution in [0.4, 0.5) is 0 Å². The summed E-state index contributed by atoms with van der Waals surface area (Å²) in [6.45, 7) is 7.37. The van der Waals surface area contributed by atoms with E-state index in [0.717, 1.165) is 51.4 Å². The van der Waals surface area contributed by atoms with Crippen molar-refractivity contribution in [1.29, 1.82) is 0 Å². The maximum absolute atomic E-state index is 9.40. The Morgan fingerprint density at radius 2 is 1.96 bits per heavy atom. The van der Waals surface area contributed by atoms with Crippen LogP contribution in [0.25, 0.3) is 0 Å². The number of hydrogen-bond donors (Lipinski definition) is 1. The molecule has 156 valence electrons. The van der Waals surface area contributed by atoms with Crippen LogP contribution in [0.1, 0.15) is 78.6 Å². The highest BCUT2D eigenvalue weighted by atomic mass is 79.9. The molecule has 0 aromatic heterocycles. The van der Waals surface area contributed by atoms with Crippen molar-refractivity contribution in [2.45, 2.75) is 91.0 Å². The Hall–Kier alpha value is -0.850. The number of carbonyl (C=O) groups is 1. The molecule has 0 radical (unpaired) electrons. The van der Waals surface area contributed by atoms with Crippen LogP contribution in [0.5, 0.6) is 0 Å². The van der Waals surface area contributed by atoms with Gasteiger partial charge in [0.05, 0.1) is 11.4 Å². The van der Waals surface area contributed by atoms with Crippen molar-refractivity contribution in [3.05, 3.63) is 0 Å². The molecule has 1 aliphatic rings. The fourth-order valence-corrected chi connectivity index (χ4v) is 2.14. The number of rotatable bonds is 7. The van der Waals surface area contributed by atoms with Crippen molar-refractivity contribution in [1.82, 2.24) is 0 Å². The van der Waals surface area contributed by atoms with Crippen molar-refractivity contribution >= 4 is 22.2 Å². The van der Waals surface area contributed by atoms with Crippen LogP contribution >= 0.6 is 15.9 Å². The average molecular weight is 445 g/mol. The van der Waals surface area contributed by atoms with Gasteiger partial charge in [-0.2, -0.15) is 0 Å². The minimum atomic E-state index is -0.205. The number of ether oxygens (including phenoxy) is 2. The van der Waals surface area contributed by atoms with Crippen molar-refractivity contribution in [3.8, 4) is 23.7 Å². The standard InChI is InChI=1S/C9H13BrO2.C9H16O.C4H8O/c10-6-2-4-8-12-9-5-1-3-7-11-9;1-3-5-6-8-9(10)7-4-2;1-2-3-4-5/h9H,1,3,5-8H2;9-10H,3-4,7-8H2,1-2H3;4H,2-3H2,1H3. The first-order valence-electron chi connectivity index (χ1n) is 9.98. The Bertz CT molecular complexity index is 425. The summed E-state index contributed by atoms with van der Waals surface area (Å²) in [4.78, 5) is 9.40. The van der Waals surface area contributed by atoms with Crippen molar-refractivity contribution in [2.24, 2.45) is 0 Å². The molecule has 1 saturated heterocycles. The summed E-state index contributed by atoms with van der Waals surface area (Å²) < 4.78 is 10.7. The molecule has 1 rings (SSSR count). The van der Waals surface area contributed by atoms with Gasteiger partial charge in [0.25, 0.3) is 0 Å². The van der Waals surface area contributed by atoms with Gasteiger partial charge in [0, 0.05) is 25.9 Å². The third-order valence-corrected chi connectivity index (χ3v) is 3.62. The van der Waals surface area contributed by atoms with E-state index in [1.807, 2.05) is 13.8 Å². The number of halogens is 1. The number of aliphatic hydroxyl groups excluding tert-OH is 1. The second-order valence-electron chi connectivity index (χ2n) is 5.90. The highest BCUT2D eigenvalue weighted by Crippen LogP contribution is 2.12. The lowest BCUT2D eigenvalue weighted by atomic mass is 10.1. The molecule has 2 unspecified atom stereocenters. The molecule has 0 spiro atoms. The van der Waals surface area contributed by atoms with E-state index in [4.69, 9.17) is 9.47 Å². The molecule has 0 amide bonds. The number of alkyl halides is 1. The summed E-state index contributed by atoms with van der Waals surface area (Å²) in [7, 11) is 0. The Morgan fingerprint density at radius 3 is 2.44 bits per heavy atom. The zero-order valence-electron chi connectivity index (χ0n) is 17.3. The lowest BCUT2D eigenvalue weighted by Crippen LogP contribution is -2.22. The summed E-state index contributed by atoms with van der Waals surface area (Å²) in [6.07, 6.45) is 9.21. The SMILES string of the molecule is BrCC#CCOC1CCCCO1.CCC#CCC(O)CCC.CCCC=O. The Kier molecular flexibility index (Phi) is 26.4. The van der Waals surface area contributed by atoms with E-state index in [9.17, 15) is 9.90 Å². The van der Waals surface area contributed by atoms with E-state index in [1.54, 1.807) is 0 Å². The minimum Gasteiger partial charge on any atom is -0.392 e. The van der Waals surface area contributed by atoms with Gasteiger partial charge in [0.15, 0.2) is 6.29 Å². The molecule has 2 atom stereocenters. The van der Waals surface area contributed by atoms with Gasteiger partial charge in [-0.25, -0.2) is 0 Å². The molecule has 27 heavy (non-hydrogen) atoms. The first-order chi connectivity index (χ1) is 13.2. The summed E-state index contributed by atoms with van der Waals surface area (Å²) in [5, 5.41) is 9.88. The summed E-state index contributed by atoms with van der Waals surface area (Å²) >= 11 is 3.22. The second-order valence-corrected chi connectivity index (χ2v) is 6.46. The molecule has 4 nitrogen and oxygen atoms in total. The molecule has 1 N–H and O–H groups in total. The fraction of sp³-hybridized carbons (Fsp3) is 0.773. The van der Waals surface area contributed by atoms with Crippen LogP contribution in [0.3, 0.4) is 0 Å². The third-order valence-electron chi connectivity index (χ3n) is 3.34. The van der Waals surface area contributed by atoms with E-state index in [2.05, 4.69) is 46.5 Å². The van der Waals surface area contributed by atoms with Crippen LogP contribution in [-0.4, -0.2) is 42.3 Å². The summed E-state index contributed by atoms with van der Waals surface area (Å²) in [5.41, 5.74) is 0. The number of unbranched alkanes of at least 4 members (excludes halogenated alkanes) is 1. The van der Waals surface area contributed by atoms with E-state index in [1.165, 1.54) is 6.42 Å². The van der Waals surface area contributed by atoms with E-state index in [-0.39, 0.29) is 12.4 Å². The predicted molar refractivity (Wildman–Crippen MR) is 116 cm³/mol. The minimum absolute atomic E-state index is 0.0108. The second kappa shape index (κ2) is 25.1. The van der Waals surface area contributed by atoms with Crippen LogP contribution in [0.2, 0.25) is 0 Å². The maximum Gasteiger partial charge on any atom is 0.158 e. The van der Waals surface area contributed by atoms with Gasteiger partial charge in [-0.1, -0.05) is 55.0 Å². The molecule has 0 aromatic rings. The topological polar surface area (TPSA) is 55.8 Å². The van der Waals surface area contributed by atoms with Gasteiger partial charge >= 0.3 is 0 Å². The lowest BCUT2D eigenvalue weighted by molar-refractivity contribution is -0.154. The Morgan fingerprint density at radius 1 is 1.19 bits per heavy atom. The molecule has 1 heterocycles. The van der Waals surface area contributed by atoms with E-state index >= 15 is 0 Å². The van der Waals surface area contributed by atoms with Crippen molar-refractivity contribution < 1.29 is 19.4 Å². The maximum atomic E-state index is 9.40. The monoisotopic (exact) mass is 444 g/mol. The van der Waals surface area contributed by atoms with E-state index in [0.29, 0.717) is 24.8 Å². The zero-order valence-corrected chi connectivity index (χ0v) is 18.9. The van der Waals surface area contributed by atoms with Crippen LogP contribution in [0.15, 0.2) is 0 Å². The number of hydrogen-bond acceptors (Lipinski definition) is 4. The van der Waals surface area contributed by atoms with Gasteiger partial charge in [0.2, 0.25) is 0 Å². The Balaban J connectivity index is 0. The van der Waals surface area contributed by atoms with Crippen LogP contribution in [0, 0.1) is 23.7 Å². The number of carbonyl (C=O) groups excluding carboxylic acids is 1. The van der Waals surface area contributed by atoms with Crippen molar-refractivity contribution in [2.75, 3.05) is 18.5 Å². The van der Waals surface area contributed by atoms with Crippen LogP contribution < -0.4 is 0 Å². The fourth-order valence-electron chi connectivity index (χ4n) is 1.94. The third kappa shape index (κ3) is 25.2. The van der Waals surface area contributed by atoms with Gasteiger partial charge in [0.1, 0.15) is 12.9 Å². The zero-order chi connectivity index (χ0) is 20.6. The Labute approximate surface area is 174 Å². The smallest absolute Gasteiger partial charge is 0.158 e. The van der Waals surface area contributed by atoms with Gasteiger partial charge in [-0.15, -0.1) is 11.8 Å². The first kappa shape index (κ1) is 28.4. The number of aldehydes is 1. The molecule has 1 aliphatic heterocycles. The largest absolute Gasteiger partial charge is 0.392 e. The summed E-state index contributed by atoms with van der Waals surface area (Å²) in [5.74, 6) is 11.6. The highest BCUT2D eigenvalue weighted by Gasteiger charge is 2.12. The van der Waals surface area contributed by atoms with Crippen LogP contribution in [-0.2, 0) is 14.3 Å². The normalized spacial score (nSPS) is 16.0. The number of aliphatic hydroxyl groups is 1. The molecule has 0 aromatic carbocycles. The quantitative estimate of drug-likeness (QED) is 0.345. The van der Waals surface area contributed by atoms with Gasteiger partial charge in [-0.3, -0.25) is 0 Å². The average Bonchev–Trinajstić information content (AvgIpc) is 2.68. The molecular formula is C22H37BrO4. The van der Waals surface area contributed by atoms with Gasteiger partial charge < -0.3 is 19.4 Å².